The standard InChI is InChI=1S/C20H19F2N3O2/c1-13(17-8-5-15(21)11-18(17)22)24-20(26)14-3-6-16(7-4-14)27-12-19-23-9-10-25(19)2/h3-11,13H,12H2,1-2H3,(H,24,26)/t13-/m1/s1. The lowest BCUT2D eigenvalue weighted by Gasteiger charge is -2.15. The van der Waals surface area contributed by atoms with Gasteiger partial charge in [-0.25, -0.2) is 13.8 Å². The second-order valence-electron chi connectivity index (χ2n) is 6.13. The van der Waals surface area contributed by atoms with Crippen molar-refractivity contribution in [2.24, 2.45) is 7.05 Å². The van der Waals surface area contributed by atoms with Crippen LogP contribution in [0.4, 0.5) is 8.78 Å². The van der Waals surface area contributed by atoms with Crippen molar-refractivity contribution in [1.29, 1.82) is 0 Å². The summed E-state index contributed by atoms with van der Waals surface area (Å²) in [4.78, 5) is 16.5. The molecule has 0 aliphatic heterocycles. The van der Waals surface area contributed by atoms with Gasteiger partial charge in [-0.3, -0.25) is 4.79 Å². The number of nitrogens with zero attached hydrogens (tertiary/aromatic N) is 2. The molecular formula is C20H19F2N3O2. The van der Waals surface area contributed by atoms with Crippen LogP contribution >= 0.6 is 0 Å². The van der Waals surface area contributed by atoms with E-state index in [0.717, 1.165) is 18.0 Å². The maximum absolute atomic E-state index is 13.8. The van der Waals surface area contributed by atoms with E-state index in [1.807, 2.05) is 17.8 Å². The number of aromatic nitrogens is 2. The number of rotatable bonds is 6. The van der Waals surface area contributed by atoms with Crippen molar-refractivity contribution in [2.45, 2.75) is 19.6 Å². The first-order valence-electron chi connectivity index (χ1n) is 8.39. The molecule has 1 N–H and O–H groups in total. The number of benzene rings is 2. The van der Waals surface area contributed by atoms with Crippen molar-refractivity contribution in [1.82, 2.24) is 14.9 Å². The number of aryl methyl sites for hydroxylation is 1. The Morgan fingerprint density at radius 1 is 1.22 bits per heavy atom. The third kappa shape index (κ3) is 4.49. The molecule has 1 amide bonds. The van der Waals surface area contributed by atoms with Gasteiger partial charge in [-0.1, -0.05) is 6.07 Å². The molecule has 1 atom stereocenters. The van der Waals surface area contributed by atoms with Crippen molar-refractivity contribution in [2.75, 3.05) is 0 Å². The molecule has 1 aromatic heterocycles. The second-order valence-corrected chi connectivity index (χ2v) is 6.13. The third-order valence-corrected chi connectivity index (χ3v) is 4.18. The molecule has 140 valence electrons. The Kier molecular flexibility index (Phi) is 5.49. The predicted octanol–water partition coefficient (Wildman–Crippen LogP) is 3.77. The van der Waals surface area contributed by atoms with Gasteiger partial charge in [-0.05, 0) is 37.3 Å². The summed E-state index contributed by atoms with van der Waals surface area (Å²) < 4.78 is 34.3. The minimum absolute atomic E-state index is 0.222. The van der Waals surface area contributed by atoms with Crippen LogP contribution in [0.3, 0.4) is 0 Å². The van der Waals surface area contributed by atoms with Gasteiger partial charge >= 0.3 is 0 Å². The average Bonchev–Trinajstić information content (AvgIpc) is 3.05. The van der Waals surface area contributed by atoms with Crippen molar-refractivity contribution in [3.8, 4) is 5.75 Å². The number of ether oxygens (including phenoxy) is 1. The molecular weight excluding hydrogens is 352 g/mol. The zero-order chi connectivity index (χ0) is 19.4. The SMILES string of the molecule is C[C@@H](NC(=O)c1ccc(OCc2nccn2C)cc1)c1ccc(F)cc1F. The van der Waals surface area contributed by atoms with Gasteiger partial charge in [-0.2, -0.15) is 0 Å². The summed E-state index contributed by atoms with van der Waals surface area (Å²) in [7, 11) is 1.88. The number of carbonyl (C=O) groups is 1. The summed E-state index contributed by atoms with van der Waals surface area (Å²) >= 11 is 0. The van der Waals surface area contributed by atoms with Gasteiger partial charge in [0.05, 0.1) is 6.04 Å². The van der Waals surface area contributed by atoms with Crippen LogP contribution in [0.2, 0.25) is 0 Å². The molecule has 0 aliphatic rings. The van der Waals surface area contributed by atoms with E-state index in [9.17, 15) is 13.6 Å². The smallest absolute Gasteiger partial charge is 0.251 e. The quantitative estimate of drug-likeness (QED) is 0.718. The third-order valence-electron chi connectivity index (χ3n) is 4.18. The Balaban J connectivity index is 1.60. The number of hydrogen-bond acceptors (Lipinski definition) is 3. The summed E-state index contributed by atoms with van der Waals surface area (Å²) in [6, 6.07) is 9.29. The summed E-state index contributed by atoms with van der Waals surface area (Å²) in [6.07, 6.45) is 3.52. The van der Waals surface area contributed by atoms with Gasteiger partial charge in [0.1, 0.15) is 29.8 Å². The first-order valence-corrected chi connectivity index (χ1v) is 8.39. The van der Waals surface area contributed by atoms with Gasteiger partial charge in [0.25, 0.3) is 5.91 Å². The molecule has 0 fully saturated rings. The van der Waals surface area contributed by atoms with Crippen LogP contribution in [-0.4, -0.2) is 15.5 Å². The van der Waals surface area contributed by atoms with Crippen molar-refractivity contribution in [3.05, 3.63) is 83.4 Å². The van der Waals surface area contributed by atoms with E-state index in [1.54, 1.807) is 37.4 Å². The van der Waals surface area contributed by atoms with Crippen LogP contribution in [-0.2, 0) is 13.7 Å². The van der Waals surface area contributed by atoms with E-state index < -0.39 is 17.7 Å². The first kappa shape index (κ1) is 18.6. The fraction of sp³-hybridized carbons (Fsp3) is 0.200. The molecule has 0 saturated heterocycles. The lowest BCUT2D eigenvalue weighted by Crippen LogP contribution is -2.27. The maximum Gasteiger partial charge on any atom is 0.251 e. The molecule has 2 aromatic carbocycles. The fourth-order valence-corrected chi connectivity index (χ4v) is 2.60. The van der Waals surface area contributed by atoms with Gasteiger partial charge in [-0.15, -0.1) is 0 Å². The largest absolute Gasteiger partial charge is 0.486 e. The highest BCUT2D eigenvalue weighted by molar-refractivity contribution is 5.94. The van der Waals surface area contributed by atoms with Crippen molar-refractivity contribution >= 4 is 5.91 Å². The number of halogens is 2. The van der Waals surface area contributed by atoms with E-state index in [0.29, 0.717) is 17.9 Å². The second kappa shape index (κ2) is 7.99. The van der Waals surface area contributed by atoms with Crippen molar-refractivity contribution in [3.63, 3.8) is 0 Å². The summed E-state index contributed by atoms with van der Waals surface area (Å²) in [6.45, 7) is 1.95. The Labute approximate surface area is 155 Å². The number of carbonyl (C=O) groups excluding carboxylic acids is 1. The van der Waals surface area contributed by atoms with Crippen molar-refractivity contribution < 1.29 is 18.3 Å². The molecule has 0 spiro atoms. The fourth-order valence-electron chi connectivity index (χ4n) is 2.60. The van der Waals surface area contributed by atoms with E-state index in [2.05, 4.69) is 10.3 Å². The van der Waals surface area contributed by atoms with Crippen LogP contribution in [0.25, 0.3) is 0 Å². The summed E-state index contributed by atoms with van der Waals surface area (Å²) in [5.41, 5.74) is 0.633. The van der Waals surface area contributed by atoms with Gasteiger partial charge in [0, 0.05) is 36.6 Å². The summed E-state index contributed by atoms with van der Waals surface area (Å²) in [5, 5.41) is 2.70. The van der Waals surface area contributed by atoms with Crippen LogP contribution in [0.5, 0.6) is 5.75 Å². The Hall–Kier alpha value is -3.22. The van der Waals surface area contributed by atoms with Crippen LogP contribution in [0, 0.1) is 11.6 Å². The van der Waals surface area contributed by atoms with Gasteiger partial charge in [0.2, 0.25) is 0 Å². The van der Waals surface area contributed by atoms with E-state index in [1.165, 1.54) is 6.07 Å². The molecule has 7 heteroatoms. The van der Waals surface area contributed by atoms with Gasteiger partial charge < -0.3 is 14.6 Å². The maximum atomic E-state index is 13.8. The Morgan fingerprint density at radius 2 is 1.96 bits per heavy atom. The first-order chi connectivity index (χ1) is 12.9. The molecule has 3 aromatic rings. The number of imidazole rings is 1. The highest BCUT2D eigenvalue weighted by atomic mass is 19.1. The highest BCUT2D eigenvalue weighted by Crippen LogP contribution is 2.19. The average molecular weight is 371 g/mol. The Bertz CT molecular complexity index is 939. The Morgan fingerprint density at radius 3 is 2.59 bits per heavy atom. The minimum atomic E-state index is -0.694. The molecule has 5 nitrogen and oxygen atoms in total. The lowest BCUT2D eigenvalue weighted by molar-refractivity contribution is 0.0939. The monoisotopic (exact) mass is 371 g/mol. The lowest BCUT2D eigenvalue weighted by atomic mass is 10.1. The highest BCUT2D eigenvalue weighted by Gasteiger charge is 2.15. The molecule has 0 radical (unpaired) electrons. The molecule has 0 unspecified atom stereocenters. The van der Waals surface area contributed by atoms with Crippen LogP contribution < -0.4 is 10.1 Å². The van der Waals surface area contributed by atoms with E-state index in [-0.39, 0.29) is 11.5 Å². The predicted molar refractivity (Wildman–Crippen MR) is 96.2 cm³/mol. The molecule has 3 rings (SSSR count). The van der Waals surface area contributed by atoms with Crippen LogP contribution in [0.15, 0.2) is 54.9 Å². The zero-order valence-corrected chi connectivity index (χ0v) is 14.9. The minimum Gasteiger partial charge on any atom is -0.486 e. The molecule has 1 heterocycles. The van der Waals surface area contributed by atoms with Gasteiger partial charge in [0.15, 0.2) is 0 Å². The van der Waals surface area contributed by atoms with Crippen LogP contribution in [0.1, 0.15) is 34.7 Å². The number of hydrogen-bond donors (Lipinski definition) is 1. The topological polar surface area (TPSA) is 56.1 Å². The normalized spacial score (nSPS) is 11.9. The molecule has 0 aliphatic carbocycles. The summed E-state index contributed by atoms with van der Waals surface area (Å²) in [5.74, 6) is -0.322. The number of amides is 1. The zero-order valence-electron chi connectivity index (χ0n) is 14.9. The van der Waals surface area contributed by atoms with E-state index in [4.69, 9.17) is 4.74 Å². The van der Waals surface area contributed by atoms with E-state index >= 15 is 0 Å². The number of nitrogens with one attached hydrogen (secondary N) is 1. The molecule has 0 saturated carbocycles. The molecule has 0 bridgehead atoms. The molecule has 27 heavy (non-hydrogen) atoms.